The summed E-state index contributed by atoms with van der Waals surface area (Å²) in [5.74, 6) is 0. The number of morpholine rings is 8. The lowest BCUT2D eigenvalue weighted by Crippen LogP contribution is -3.00. The third-order valence-corrected chi connectivity index (χ3v) is 20.2. The van der Waals surface area contributed by atoms with Crippen molar-refractivity contribution in [2.24, 2.45) is 0 Å². The van der Waals surface area contributed by atoms with Crippen LogP contribution in [-0.4, -0.2) is 248 Å². The van der Waals surface area contributed by atoms with Crippen LogP contribution in [0.25, 0.3) is 0 Å². The third kappa shape index (κ3) is 9.98. The largest absolute Gasteiger partial charge is 1.00 e. The predicted octanol–water partition coefficient (Wildman–Crippen LogP) is -6.01. The first-order chi connectivity index (χ1) is 24.8. The van der Waals surface area contributed by atoms with E-state index in [0.717, 1.165) is 210 Å². The highest BCUT2D eigenvalue weighted by Crippen LogP contribution is 2.71. The Morgan fingerprint density at radius 3 is 0.404 bits per heavy atom. The van der Waals surface area contributed by atoms with Gasteiger partial charge in [-0.15, -0.1) is 37.4 Å². The molecule has 20 heteroatoms. The zero-order valence-corrected chi connectivity index (χ0v) is 35.3. The molecule has 8 aliphatic heterocycles. The molecule has 0 amide bonds. The van der Waals surface area contributed by atoms with Crippen LogP contribution in [0.2, 0.25) is 0 Å². The lowest BCUT2D eigenvalue weighted by molar-refractivity contribution is -0.001000. The Morgan fingerprint density at radius 1 is 0.212 bits per heavy atom. The molecule has 8 saturated heterocycles. The molecular formula is C32H64BrClN8O8P2. The van der Waals surface area contributed by atoms with Crippen molar-refractivity contribution in [3.05, 3.63) is 0 Å². The monoisotopic (exact) mass is 864 g/mol. The second-order valence-corrected chi connectivity index (χ2v) is 20.3. The molecule has 0 atom stereocenters. The minimum absolute atomic E-state index is 0. The predicted molar refractivity (Wildman–Crippen MR) is 193 cm³/mol. The molecule has 8 fully saturated rings. The van der Waals surface area contributed by atoms with E-state index in [2.05, 4.69) is 37.4 Å². The zero-order chi connectivity index (χ0) is 33.9. The molecule has 0 bridgehead atoms. The summed E-state index contributed by atoms with van der Waals surface area (Å²) in [5, 5.41) is 0. The Labute approximate surface area is 329 Å². The van der Waals surface area contributed by atoms with Gasteiger partial charge in [0.15, 0.2) is 0 Å². The molecule has 8 aliphatic rings. The molecule has 0 aromatic rings. The van der Waals surface area contributed by atoms with Crippen molar-refractivity contribution in [3.8, 4) is 0 Å². The molecule has 16 nitrogen and oxygen atoms in total. The van der Waals surface area contributed by atoms with Crippen LogP contribution in [0.3, 0.4) is 0 Å². The van der Waals surface area contributed by atoms with Crippen molar-refractivity contribution in [2.75, 3.05) is 210 Å². The molecular weight excluding hydrogens is 802 g/mol. The number of hydrogen-bond donors (Lipinski definition) is 0. The van der Waals surface area contributed by atoms with E-state index < -0.39 is 15.7 Å². The van der Waals surface area contributed by atoms with Gasteiger partial charge in [0.25, 0.3) is 0 Å². The topological polar surface area (TPSA) is 99.8 Å². The first kappa shape index (κ1) is 44.1. The maximum absolute atomic E-state index is 5.70. The number of nitrogens with zero attached hydrogens (tertiary/aromatic N) is 8. The lowest BCUT2D eigenvalue weighted by Gasteiger charge is -2.53. The van der Waals surface area contributed by atoms with Gasteiger partial charge >= 0.3 is 15.7 Å². The van der Waals surface area contributed by atoms with Crippen molar-refractivity contribution in [1.29, 1.82) is 0 Å². The molecule has 0 unspecified atom stereocenters. The summed E-state index contributed by atoms with van der Waals surface area (Å²) < 4.78 is 67.6. The van der Waals surface area contributed by atoms with Crippen LogP contribution in [0, 0.1) is 0 Å². The van der Waals surface area contributed by atoms with Crippen LogP contribution >= 0.6 is 15.7 Å². The van der Waals surface area contributed by atoms with E-state index in [1.807, 2.05) is 0 Å². The number of rotatable bonds is 8. The number of hydrogen-bond acceptors (Lipinski definition) is 16. The molecule has 0 N–H and O–H groups in total. The average molecular weight is 866 g/mol. The summed E-state index contributed by atoms with van der Waals surface area (Å²) in [7, 11) is -3.57. The summed E-state index contributed by atoms with van der Waals surface area (Å²) in [6, 6.07) is 0. The van der Waals surface area contributed by atoms with Gasteiger partial charge in [0.05, 0.1) is 210 Å². The van der Waals surface area contributed by atoms with Gasteiger partial charge in [-0.1, -0.05) is 0 Å². The van der Waals surface area contributed by atoms with E-state index in [0.29, 0.717) is 0 Å². The Morgan fingerprint density at radius 2 is 0.308 bits per heavy atom. The van der Waals surface area contributed by atoms with Crippen molar-refractivity contribution in [1.82, 2.24) is 37.4 Å². The quantitative estimate of drug-likeness (QED) is 0.217. The molecule has 0 radical (unpaired) electrons. The molecule has 0 aliphatic carbocycles. The second kappa shape index (κ2) is 22.8. The van der Waals surface area contributed by atoms with Crippen LogP contribution in [0.15, 0.2) is 0 Å². The molecule has 8 heterocycles. The van der Waals surface area contributed by atoms with Gasteiger partial charge in [0.1, 0.15) is 0 Å². The molecule has 52 heavy (non-hydrogen) atoms. The summed E-state index contributed by atoms with van der Waals surface area (Å²) >= 11 is 0. The fraction of sp³-hybridized carbons (Fsp3) is 1.00. The van der Waals surface area contributed by atoms with Gasteiger partial charge in [-0.2, -0.15) is 0 Å². The molecule has 0 aromatic carbocycles. The standard InChI is InChI=1S/2C16H32N4O4P.BrH.ClH/c2*1-9-21-10-2-17(1)25(18-3-11-22-12-4-18,19-5-13-23-14-6-19)20-7-15-24-16-8-20;;/h2*1-16H2;2*1H/q2*+1;;/p-2. The first-order valence-electron chi connectivity index (χ1n) is 19.3. The van der Waals surface area contributed by atoms with Gasteiger partial charge < -0.3 is 67.3 Å². The van der Waals surface area contributed by atoms with E-state index in [9.17, 15) is 0 Å². The lowest BCUT2D eigenvalue weighted by atomic mass is 10.5. The summed E-state index contributed by atoms with van der Waals surface area (Å²) in [4.78, 5) is 0. The van der Waals surface area contributed by atoms with Crippen LogP contribution < -0.4 is 29.4 Å². The zero-order valence-electron chi connectivity index (χ0n) is 31.1. The van der Waals surface area contributed by atoms with Crippen molar-refractivity contribution in [3.63, 3.8) is 0 Å². The van der Waals surface area contributed by atoms with E-state index >= 15 is 0 Å². The van der Waals surface area contributed by atoms with Crippen molar-refractivity contribution >= 4 is 15.7 Å². The van der Waals surface area contributed by atoms with Gasteiger partial charge in [-0.3, -0.25) is 0 Å². The van der Waals surface area contributed by atoms with Crippen LogP contribution in [-0.2, 0) is 37.9 Å². The Bertz CT molecular complexity index is 753. The highest BCUT2D eigenvalue weighted by molar-refractivity contribution is 7.67. The molecule has 0 spiro atoms. The summed E-state index contributed by atoms with van der Waals surface area (Å²) in [6.07, 6.45) is 0. The Kier molecular flexibility index (Phi) is 19.3. The number of halogens is 2. The fourth-order valence-corrected chi connectivity index (χ4v) is 18.6. The SMILES string of the molecule is C1CN([P+](N2CCOCC2)(N2CCOCC2)N2CCOCC2)CCO1.C1CN([P+](N2CCOCC2)(N2CCOCC2)N2CCOCC2)CCO1.[Br-].[Cl-]. The minimum atomic E-state index is -1.78. The van der Waals surface area contributed by atoms with Crippen molar-refractivity contribution in [2.45, 2.75) is 0 Å². The number of ether oxygens (including phenoxy) is 8. The highest BCUT2D eigenvalue weighted by Gasteiger charge is 2.64. The van der Waals surface area contributed by atoms with Crippen LogP contribution in [0.5, 0.6) is 0 Å². The minimum Gasteiger partial charge on any atom is -1.00 e. The maximum Gasteiger partial charge on any atom is 0.309 e. The Hall–Kier alpha value is 0.990. The molecule has 304 valence electrons. The fourth-order valence-electron chi connectivity index (χ4n) is 8.72. The summed E-state index contributed by atoms with van der Waals surface area (Å²) in [5.41, 5.74) is 0. The summed E-state index contributed by atoms with van der Waals surface area (Å²) in [6.45, 7) is 29.6. The van der Waals surface area contributed by atoms with Crippen LogP contribution in [0.1, 0.15) is 0 Å². The van der Waals surface area contributed by atoms with E-state index in [1.165, 1.54) is 0 Å². The van der Waals surface area contributed by atoms with E-state index in [1.54, 1.807) is 0 Å². The van der Waals surface area contributed by atoms with Crippen molar-refractivity contribution < 1.29 is 67.3 Å². The van der Waals surface area contributed by atoms with E-state index in [4.69, 9.17) is 37.9 Å². The normalized spacial score (nSPS) is 28.6. The second-order valence-electron chi connectivity index (χ2n) is 13.6. The third-order valence-electron chi connectivity index (χ3n) is 10.9. The Balaban J connectivity index is 0.000000194. The van der Waals surface area contributed by atoms with Crippen LogP contribution in [0.4, 0.5) is 0 Å². The van der Waals surface area contributed by atoms with Gasteiger partial charge in [-0.05, 0) is 0 Å². The molecule has 0 aromatic heterocycles. The average Bonchev–Trinajstić information content (AvgIpc) is 3.22. The maximum atomic E-state index is 5.70. The first-order valence-corrected chi connectivity index (χ1v) is 22.5. The van der Waals surface area contributed by atoms with E-state index in [-0.39, 0.29) is 29.4 Å². The van der Waals surface area contributed by atoms with Gasteiger partial charge in [-0.25, -0.2) is 0 Å². The van der Waals surface area contributed by atoms with Gasteiger partial charge in [0.2, 0.25) is 0 Å². The van der Waals surface area contributed by atoms with Gasteiger partial charge in [0, 0.05) is 0 Å². The molecule has 0 saturated carbocycles. The highest BCUT2D eigenvalue weighted by atomic mass is 79.9. The molecule has 8 rings (SSSR count). The smallest absolute Gasteiger partial charge is 0.309 e.